The van der Waals surface area contributed by atoms with E-state index in [0.29, 0.717) is 5.76 Å². The van der Waals surface area contributed by atoms with Crippen molar-refractivity contribution in [2.24, 2.45) is 0 Å². The summed E-state index contributed by atoms with van der Waals surface area (Å²) in [6.07, 6.45) is 0. The van der Waals surface area contributed by atoms with Gasteiger partial charge in [0.05, 0.1) is 7.11 Å². The maximum absolute atomic E-state index is 5.09. The largest absolute Gasteiger partial charge is 0.497 e. The number of anilines is 1. The molecular formula is C13H21NO. The van der Waals surface area contributed by atoms with Crippen molar-refractivity contribution in [3.63, 3.8) is 0 Å². The summed E-state index contributed by atoms with van der Waals surface area (Å²) in [5.41, 5.74) is 3.32. The summed E-state index contributed by atoms with van der Waals surface area (Å²) in [5.74, 6) is 0.703. The molecule has 0 radical (unpaired) electrons. The molecule has 0 fully saturated rings. The van der Waals surface area contributed by atoms with Crippen LogP contribution >= 0.6 is 0 Å². The SMILES string of the molecule is C=C(OC)c1cccc(NC)c1C.CC. The number of rotatable bonds is 3. The standard InChI is InChI=1S/C11H15NO.C2H6/c1-8-10(9(2)13-4)6-5-7-11(8)12-3;1-2/h5-7,12H,2H2,1,3-4H3;1-2H3. The molecule has 0 saturated heterocycles. The minimum Gasteiger partial charge on any atom is -0.497 e. The molecule has 0 aromatic heterocycles. The van der Waals surface area contributed by atoms with Gasteiger partial charge in [-0.3, -0.25) is 0 Å². The molecule has 0 amide bonds. The Balaban J connectivity index is 0.000000921. The van der Waals surface area contributed by atoms with Crippen molar-refractivity contribution < 1.29 is 4.74 Å². The van der Waals surface area contributed by atoms with E-state index >= 15 is 0 Å². The molecule has 0 atom stereocenters. The zero-order valence-corrected chi connectivity index (χ0v) is 10.3. The lowest BCUT2D eigenvalue weighted by molar-refractivity contribution is 0.371. The highest BCUT2D eigenvalue weighted by atomic mass is 16.5. The molecule has 1 N–H and O–H groups in total. The Bertz CT molecular complexity index is 318. The lowest BCUT2D eigenvalue weighted by Gasteiger charge is -2.11. The molecule has 1 rings (SSSR count). The van der Waals surface area contributed by atoms with Crippen LogP contribution in [0.3, 0.4) is 0 Å². The van der Waals surface area contributed by atoms with Gasteiger partial charge in [-0.2, -0.15) is 0 Å². The van der Waals surface area contributed by atoms with Crippen molar-refractivity contribution in [3.05, 3.63) is 35.9 Å². The minimum absolute atomic E-state index is 0.703. The number of nitrogens with one attached hydrogen (secondary N) is 1. The minimum atomic E-state index is 0.703. The predicted octanol–water partition coefficient (Wildman–Crippen LogP) is 3.68. The fourth-order valence-corrected chi connectivity index (χ4v) is 1.32. The van der Waals surface area contributed by atoms with Crippen LogP contribution in [0, 0.1) is 6.92 Å². The summed E-state index contributed by atoms with van der Waals surface area (Å²) in [5, 5.41) is 3.12. The molecule has 0 spiro atoms. The van der Waals surface area contributed by atoms with Gasteiger partial charge >= 0.3 is 0 Å². The van der Waals surface area contributed by atoms with Gasteiger partial charge in [-0.05, 0) is 18.6 Å². The van der Waals surface area contributed by atoms with Crippen LogP contribution in [-0.2, 0) is 4.74 Å². The van der Waals surface area contributed by atoms with E-state index in [1.807, 2.05) is 46.0 Å². The smallest absolute Gasteiger partial charge is 0.119 e. The summed E-state index contributed by atoms with van der Waals surface area (Å²) < 4.78 is 5.09. The maximum Gasteiger partial charge on any atom is 0.119 e. The van der Waals surface area contributed by atoms with E-state index in [1.165, 1.54) is 0 Å². The Morgan fingerprint density at radius 2 is 1.93 bits per heavy atom. The Morgan fingerprint density at radius 3 is 2.40 bits per heavy atom. The molecule has 0 heterocycles. The van der Waals surface area contributed by atoms with Crippen molar-refractivity contribution in [1.29, 1.82) is 0 Å². The first kappa shape index (κ1) is 13.6. The van der Waals surface area contributed by atoms with Crippen LogP contribution in [0.4, 0.5) is 5.69 Å². The van der Waals surface area contributed by atoms with Crippen molar-refractivity contribution >= 4 is 11.4 Å². The Hall–Kier alpha value is -1.44. The van der Waals surface area contributed by atoms with Gasteiger partial charge in [-0.25, -0.2) is 0 Å². The first-order chi connectivity index (χ1) is 7.20. The quantitative estimate of drug-likeness (QED) is 0.763. The molecule has 15 heavy (non-hydrogen) atoms. The third kappa shape index (κ3) is 3.31. The van der Waals surface area contributed by atoms with E-state index in [4.69, 9.17) is 4.74 Å². The number of hydrogen-bond donors (Lipinski definition) is 1. The van der Waals surface area contributed by atoms with Gasteiger partial charge in [0.25, 0.3) is 0 Å². The van der Waals surface area contributed by atoms with Crippen LogP contribution in [0.15, 0.2) is 24.8 Å². The number of hydrogen-bond acceptors (Lipinski definition) is 2. The Labute approximate surface area is 93.0 Å². The predicted molar refractivity (Wildman–Crippen MR) is 68.1 cm³/mol. The van der Waals surface area contributed by atoms with Crippen LogP contribution in [0.25, 0.3) is 5.76 Å². The van der Waals surface area contributed by atoms with Gasteiger partial charge in [0.2, 0.25) is 0 Å². The highest BCUT2D eigenvalue weighted by Gasteiger charge is 2.05. The molecule has 0 saturated carbocycles. The maximum atomic E-state index is 5.09. The molecule has 0 aliphatic heterocycles. The number of benzene rings is 1. The average molecular weight is 207 g/mol. The summed E-state index contributed by atoms with van der Waals surface area (Å²) >= 11 is 0. The molecule has 2 nitrogen and oxygen atoms in total. The summed E-state index contributed by atoms with van der Waals surface area (Å²) in [6, 6.07) is 6.02. The average Bonchev–Trinajstić information content (AvgIpc) is 2.31. The van der Waals surface area contributed by atoms with Gasteiger partial charge in [0.15, 0.2) is 0 Å². The van der Waals surface area contributed by atoms with Gasteiger partial charge in [-0.1, -0.05) is 32.6 Å². The van der Waals surface area contributed by atoms with E-state index in [9.17, 15) is 0 Å². The van der Waals surface area contributed by atoms with Crippen LogP contribution in [0.5, 0.6) is 0 Å². The normalized spacial score (nSPS) is 8.60. The topological polar surface area (TPSA) is 21.3 Å². The van der Waals surface area contributed by atoms with Crippen LogP contribution < -0.4 is 5.32 Å². The van der Waals surface area contributed by atoms with E-state index < -0.39 is 0 Å². The second kappa shape index (κ2) is 6.93. The van der Waals surface area contributed by atoms with Gasteiger partial charge in [0, 0.05) is 18.3 Å². The zero-order chi connectivity index (χ0) is 11.8. The number of ether oxygens (including phenoxy) is 1. The monoisotopic (exact) mass is 207 g/mol. The third-order valence-corrected chi connectivity index (χ3v) is 2.15. The van der Waals surface area contributed by atoms with Crippen LogP contribution in [-0.4, -0.2) is 14.2 Å². The van der Waals surface area contributed by atoms with Gasteiger partial charge in [-0.15, -0.1) is 0 Å². The first-order valence-corrected chi connectivity index (χ1v) is 5.21. The van der Waals surface area contributed by atoms with Crippen molar-refractivity contribution in [1.82, 2.24) is 0 Å². The highest BCUT2D eigenvalue weighted by molar-refractivity contribution is 5.68. The Kier molecular flexibility index (Phi) is 6.27. The van der Waals surface area contributed by atoms with Crippen molar-refractivity contribution in [2.75, 3.05) is 19.5 Å². The molecule has 0 bridgehead atoms. The lowest BCUT2D eigenvalue weighted by atomic mass is 10.1. The summed E-state index contributed by atoms with van der Waals surface area (Å²) in [4.78, 5) is 0. The second-order valence-electron chi connectivity index (χ2n) is 2.86. The Morgan fingerprint density at radius 1 is 1.33 bits per heavy atom. The molecule has 2 heteroatoms. The fourth-order valence-electron chi connectivity index (χ4n) is 1.32. The lowest BCUT2D eigenvalue weighted by Crippen LogP contribution is -1.96. The van der Waals surface area contributed by atoms with Crippen molar-refractivity contribution in [2.45, 2.75) is 20.8 Å². The van der Waals surface area contributed by atoms with E-state index in [1.54, 1.807) is 7.11 Å². The molecule has 1 aromatic rings. The summed E-state index contributed by atoms with van der Waals surface area (Å²) in [7, 11) is 3.54. The number of methoxy groups -OCH3 is 1. The van der Waals surface area contributed by atoms with Crippen LogP contribution in [0.1, 0.15) is 25.0 Å². The molecule has 0 aliphatic rings. The van der Waals surface area contributed by atoms with E-state index in [0.717, 1.165) is 16.8 Å². The first-order valence-electron chi connectivity index (χ1n) is 5.21. The molecule has 0 unspecified atom stereocenters. The molecule has 0 aliphatic carbocycles. The van der Waals surface area contributed by atoms with E-state index in [-0.39, 0.29) is 0 Å². The fraction of sp³-hybridized carbons (Fsp3) is 0.385. The zero-order valence-electron chi connectivity index (χ0n) is 10.3. The third-order valence-electron chi connectivity index (χ3n) is 2.15. The second-order valence-corrected chi connectivity index (χ2v) is 2.86. The van der Waals surface area contributed by atoms with Gasteiger partial charge in [0.1, 0.15) is 5.76 Å². The van der Waals surface area contributed by atoms with E-state index in [2.05, 4.69) is 11.9 Å². The van der Waals surface area contributed by atoms with Crippen molar-refractivity contribution in [3.8, 4) is 0 Å². The molecule has 1 aromatic carbocycles. The van der Waals surface area contributed by atoms with Crippen LogP contribution in [0.2, 0.25) is 0 Å². The molecule has 84 valence electrons. The van der Waals surface area contributed by atoms with Gasteiger partial charge < -0.3 is 10.1 Å². The highest BCUT2D eigenvalue weighted by Crippen LogP contribution is 2.23. The molecular weight excluding hydrogens is 186 g/mol. The summed E-state index contributed by atoms with van der Waals surface area (Å²) in [6.45, 7) is 9.88.